The van der Waals surface area contributed by atoms with E-state index in [0.29, 0.717) is 24.3 Å². The summed E-state index contributed by atoms with van der Waals surface area (Å²) in [5.74, 6) is 0.440. The highest BCUT2D eigenvalue weighted by Crippen LogP contribution is 2.27. The van der Waals surface area contributed by atoms with E-state index in [4.69, 9.17) is 34.8 Å². The molecule has 102 valence electrons. The van der Waals surface area contributed by atoms with Gasteiger partial charge in [-0.3, -0.25) is 4.72 Å². The van der Waals surface area contributed by atoms with E-state index in [-0.39, 0.29) is 21.7 Å². The van der Waals surface area contributed by atoms with Gasteiger partial charge in [0.15, 0.2) is 5.15 Å². The van der Waals surface area contributed by atoms with E-state index < -0.39 is 10.0 Å². The molecule has 0 saturated heterocycles. The van der Waals surface area contributed by atoms with Crippen LogP contribution in [0.1, 0.15) is 18.4 Å². The Morgan fingerprint density at radius 3 is 2.56 bits per heavy atom. The Balaban J connectivity index is 2.84. The molecule has 0 aromatic carbocycles. The molecule has 1 aromatic heterocycles. The first kappa shape index (κ1) is 15.8. The van der Waals surface area contributed by atoms with E-state index in [2.05, 4.69) is 9.71 Å². The summed E-state index contributed by atoms with van der Waals surface area (Å²) in [6.07, 6.45) is 1.14. The quantitative estimate of drug-likeness (QED) is 0.493. The average molecular weight is 332 g/mol. The number of sulfonamides is 1. The Bertz CT molecular complexity index is 497. The van der Waals surface area contributed by atoms with Gasteiger partial charge < -0.3 is 0 Å². The number of alkyl halides is 1. The van der Waals surface area contributed by atoms with Crippen LogP contribution in [-0.2, 0) is 10.0 Å². The maximum absolute atomic E-state index is 11.8. The number of nitrogens with one attached hydrogen (secondary N) is 1. The van der Waals surface area contributed by atoms with Crippen LogP contribution in [-0.4, -0.2) is 25.0 Å². The SMILES string of the molecule is Cc1cc(Cl)nc(Cl)c1NS(=O)(=O)CCCCCl. The van der Waals surface area contributed by atoms with Crippen LogP contribution in [0, 0.1) is 6.92 Å². The monoisotopic (exact) mass is 330 g/mol. The van der Waals surface area contributed by atoms with Crippen LogP contribution >= 0.6 is 34.8 Å². The Morgan fingerprint density at radius 1 is 1.33 bits per heavy atom. The fourth-order valence-electron chi connectivity index (χ4n) is 1.31. The minimum Gasteiger partial charge on any atom is -0.280 e. The molecule has 0 amide bonds. The summed E-state index contributed by atoms with van der Waals surface area (Å²) in [4.78, 5) is 3.80. The number of pyridine rings is 1. The van der Waals surface area contributed by atoms with Crippen molar-refractivity contribution in [1.82, 2.24) is 4.98 Å². The molecule has 0 aliphatic heterocycles. The molecule has 8 heteroatoms. The van der Waals surface area contributed by atoms with Crippen LogP contribution in [0.5, 0.6) is 0 Å². The zero-order chi connectivity index (χ0) is 13.8. The molecular formula is C10H13Cl3N2O2S. The first-order chi connectivity index (χ1) is 8.35. The summed E-state index contributed by atoms with van der Waals surface area (Å²) < 4.78 is 26.0. The zero-order valence-electron chi connectivity index (χ0n) is 9.71. The van der Waals surface area contributed by atoms with Crippen molar-refractivity contribution in [3.8, 4) is 0 Å². The lowest BCUT2D eigenvalue weighted by Crippen LogP contribution is -2.18. The molecule has 0 atom stereocenters. The standard InChI is InChI=1S/C10H13Cl3N2O2S/c1-7-6-8(12)14-10(13)9(7)15-18(16,17)5-3-2-4-11/h6,15H,2-5H2,1H3. The van der Waals surface area contributed by atoms with Crippen LogP contribution in [0.2, 0.25) is 10.3 Å². The molecule has 4 nitrogen and oxygen atoms in total. The number of hydrogen-bond acceptors (Lipinski definition) is 3. The smallest absolute Gasteiger partial charge is 0.232 e. The van der Waals surface area contributed by atoms with Crippen LogP contribution in [0.3, 0.4) is 0 Å². The third-order valence-electron chi connectivity index (χ3n) is 2.20. The molecule has 0 bridgehead atoms. The van der Waals surface area contributed by atoms with Crippen LogP contribution in [0.25, 0.3) is 0 Å². The summed E-state index contributed by atoms with van der Waals surface area (Å²) in [6.45, 7) is 1.70. The van der Waals surface area contributed by atoms with Crippen molar-refractivity contribution in [3.05, 3.63) is 21.9 Å². The van der Waals surface area contributed by atoms with Crippen LogP contribution in [0.15, 0.2) is 6.07 Å². The second-order valence-corrected chi connectivity index (χ2v) is 6.71. The van der Waals surface area contributed by atoms with Gasteiger partial charge in [0.05, 0.1) is 11.4 Å². The van der Waals surface area contributed by atoms with E-state index in [9.17, 15) is 8.42 Å². The molecule has 18 heavy (non-hydrogen) atoms. The maximum Gasteiger partial charge on any atom is 0.232 e. The normalized spacial score (nSPS) is 11.6. The van der Waals surface area contributed by atoms with E-state index >= 15 is 0 Å². The van der Waals surface area contributed by atoms with Gasteiger partial charge >= 0.3 is 0 Å². The van der Waals surface area contributed by atoms with Gasteiger partial charge in [-0.15, -0.1) is 11.6 Å². The molecule has 0 saturated carbocycles. The number of unbranched alkanes of at least 4 members (excludes halogenated alkanes) is 1. The molecule has 1 rings (SSSR count). The Morgan fingerprint density at radius 2 is 2.00 bits per heavy atom. The van der Waals surface area contributed by atoms with E-state index in [1.807, 2.05) is 0 Å². The molecule has 0 unspecified atom stereocenters. The predicted octanol–water partition coefficient (Wildman–Crippen LogP) is 3.46. The van der Waals surface area contributed by atoms with Gasteiger partial charge in [0.1, 0.15) is 5.15 Å². The first-order valence-corrected chi connectivity index (χ1v) is 8.19. The molecule has 1 N–H and O–H groups in total. The molecule has 1 heterocycles. The van der Waals surface area contributed by atoms with Gasteiger partial charge in [-0.25, -0.2) is 13.4 Å². The van der Waals surface area contributed by atoms with Gasteiger partial charge in [-0.1, -0.05) is 23.2 Å². The maximum atomic E-state index is 11.8. The minimum atomic E-state index is -3.44. The fourth-order valence-corrected chi connectivity index (χ4v) is 3.39. The number of aryl methyl sites for hydroxylation is 1. The van der Waals surface area contributed by atoms with Crippen molar-refractivity contribution in [1.29, 1.82) is 0 Å². The zero-order valence-corrected chi connectivity index (χ0v) is 12.8. The minimum absolute atomic E-state index is 0.00187. The van der Waals surface area contributed by atoms with Gasteiger partial charge in [-0.2, -0.15) is 0 Å². The molecule has 0 spiro atoms. The van der Waals surface area contributed by atoms with Crippen molar-refractivity contribution >= 4 is 50.5 Å². The molecule has 0 aliphatic carbocycles. The number of halogens is 3. The third kappa shape index (κ3) is 4.80. The number of rotatable bonds is 6. The fraction of sp³-hybridized carbons (Fsp3) is 0.500. The van der Waals surface area contributed by atoms with Crippen LogP contribution < -0.4 is 4.72 Å². The largest absolute Gasteiger partial charge is 0.280 e. The lowest BCUT2D eigenvalue weighted by atomic mass is 10.3. The highest BCUT2D eigenvalue weighted by Gasteiger charge is 2.15. The van der Waals surface area contributed by atoms with Crippen molar-refractivity contribution < 1.29 is 8.42 Å². The second kappa shape index (κ2) is 6.80. The number of nitrogens with zero attached hydrogens (tertiary/aromatic N) is 1. The molecule has 0 radical (unpaired) electrons. The number of aromatic nitrogens is 1. The highest BCUT2D eigenvalue weighted by molar-refractivity contribution is 7.92. The topological polar surface area (TPSA) is 59.1 Å². The Labute approximate surface area is 122 Å². The Kier molecular flexibility index (Phi) is 5.98. The lowest BCUT2D eigenvalue weighted by molar-refractivity contribution is 0.598. The Hall–Kier alpha value is -0.230. The first-order valence-electron chi connectivity index (χ1n) is 5.25. The summed E-state index contributed by atoms with van der Waals surface area (Å²) in [6, 6.07) is 1.55. The molecular weight excluding hydrogens is 319 g/mol. The van der Waals surface area contributed by atoms with Crippen molar-refractivity contribution in [2.24, 2.45) is 0 Å². The van der Waals surface area contributed by atoms with Gasteiger partial charge in [0, 0.05) is 5.88 Å². The summed E-state index contributed by atoms with van der Waals surface area (Å²) in [7, 11) is -3.44. The van der Waals surface area contributed by atoms with E-state index in [0.717, 1.165) is 0 Å². The van der Waals surface area contributed by atoms with Crippen molar-refractivity contribution in [2.75, 3.05) is 16.4 Å². The van der Waals surface area contributed by atoms with Crippen molar-refractivity contribution in [2.45, 2.75) is 19.8 Å². The lowest BCUT2D eigenvalue weighted by Gasteiger charge is -2.11. The van der Waals surface area contributed by atoms with E-state index in [1.54, 1.807) is 13.0 Å². The molecule has 0 aliphatic rings. The van der Waals surface area contributed by atoms with Crippen molar-refractivity contribution in [3.63, 3.8) is 0 Å². The summed E-state index contributed by atoms with van der Waals surface area (Å²) in [5.41, 5.74) is 0.896. The number of hydrogen-bond donors (Lipinski definition) is 1. The number of anilines is 1. The predicted molar refractivity (Wildman–Crippen MR) is 76.4 cm³/mol. The summed E-state index contributed by atoms with van der Waals surface area (Å²) in [5, 5.41) is 0.267. The van der Waals surface area contributed by atoms with Gasteiger partial charge in [-0.05, 0) is 31.4 Å². The van der Waals surface area contributed by atoms with Crippen LogP contribution in [0.4, 0.5) is 5.69 Å². The average Bonchev–Trinajstić information content (AvgIpc) is 2.23. The third-order valence-corrected chi connectivity index (χ3v) is 4.27. The van der Waals surface area contributed by atoms with E-state index in [1.165, 1.54) is 0 Å². The molecule has 0 fully saturated rings. The van der Waals surface area contributed by atoms with Gasteiger partial charge in [0.2, 0.25) is 10.0 Å². The summed E-state index contributed by atoms with van der Waals surface area (Å²) >= 11 is 17.1. The van der Waals surface area contributed by atoms with Gasteiger partial charge in [0.25, 0.3) is 0 Å². The highest BCUT2D eigenvalue weighted by atomic mass is 35.5. The second-order valence-electron chi connectivity index (χ2n) is 3.74. The molecule has 1 aromatic rings.